The maximum Gasteiger partial charge on any atom is 0.295 e. The van der Waals surface area contributed by atoms with E-state index >= 15 is 0 Å². The molecule has 19 heavy (non-hydrogen) atoms. The zero-order chi connectivity index (χ0) is 13.9. The summed E-state index contributed by atoms with van der Waals surface area (Å²) in [5, 5.41) is 10.5. The van der Waals surface area contributed by atoms with Crippen molar-refractivity contribution in [2.75, 3.05) is 38.8 Å². The van der Waals surface area contributed by atoms with E-state index in [1.54, 1.807) is 11.9 Å². The van der Waals surface area contributed by atoms with Gasteiger partial charge >= 0.3 is 0 Å². The number of nitrogens with one attached hydrogen (secondary N) is 1. The number of aromatic amines is 1. The van der Waals surface area contributed by atoms with Gasteiger partial charge in [-0.3, -0.25) is 4.79 Å². The molecule has 1 fully saturated rings. The van der Waals surface area contributed by atoms with Crippen LogP contribution in [-0.4, -0.2) is 54.6 Å². The van der Waals surface area contributed by atoms with Crippen LogP contribution in [0, 0.1) is 0 Å². The average molecular weight is 269 g/mol. The van der Waals surface area contributed by atoms with Crippen molar-refractivity contribution in [1.29, 1.82) is 0 Å². The van der Waals surface area contributed by atoms with E-state index in [2.05, 4.69) is 9.97 Å². The summed E-state index contributed by atoms with van der Waals surface area (Å²) in [6.45, 7) is 1.47. The van der Waals surface area contributed by atoms with E-state index in [1.165, 1.54) is 13.4 Å². The van der Waals surface area contributed by atoms with E-state index in [-0.39, 0.29) is 11.3 Å². The van der Waals surface area contributed by atoms with E-state index in [9.17, 15) is 9.90 Å². The van der Waals surface area contributed by atoms with Gasteiger partial charge in [-0.25, -0.2) is 4.98 Å². The molecule has 106 valence electrons. The quantitative estimate of drug-likeness (QED) is 0.784. The third-order valence-electron chi connectivity index (χ3n) is 3.31. The lowest BCUT2D eigenvalue weighted by Gasteiger charge is -2.35. The fourth-order valence-electron chi connectivity index (χ4n) is 2.26. The number of H-pyrrole nitrogens is 1. The molecule has 2 N–H and O–H groups in total. The number of ether oxygens (including phenoxy) is 2. The molecular formula is C12H19N3O4. The molecule has 1 aliphatic rings. The largest absolute Gasteiger partial charge is 0.489 e. The van der Waals surface area contributed by atoms with Crippen LogP contribution in [0.3, 0.4) is 0 Å². The van der Waals surface area contributed by atoms with Gasteiger partial charge in [-0.2, -0.15) is 0 Å². The molecule has 0 radical (unpaired) electrons. The summed E-state index contributed by atoms with van der Waals surface area (Å²) in [5.74, 6) is 0.576. The first kappa shape index (κ1) is 13.8. The van der Waals surface area contributed by atoms with Gasteiger partial charge in [0.1, 0.15) is 0 Å². The SMILES string of the molecule is COc1c(N(C)CC2(O)CCOCC2)nc[nH]c1=O. The van der Waals surface area contributed by atoms with Gasteiger partial charge in [-0.1, -0.05) is 0 Å². The molecule has 0 atom stereocenters. The number of nitrogens with zero attached hydrogens (tertiary/aromatic N) is 2. The molecule has 7 heteroatoms. The van der Waals surface area contributed by atoms with Gasteiger partial charge in [-0.15, -0.1) is 0 Å². The molecule has 1 aliphatic heterocycles. The summed E-state index contributed by atoms with van der Waals surface area (Å²) in [5.41, 5.74) is -1.15. The Morgan fingerprint density at radius 3 is 2.89 bits per heavy atom. The lowest BCUT2D eigenvalue weighted by atomic mass is 9.94. The van der Waals surface area contributed by atoms with Crippen LogP contribution in [0.1, 0.15) is 12.8 Å². The minimum atomic E-state index is -0.817. The smallest absolute Gasteiger partial charge is 0.295 e. The highest BCUT2D eigenvalue weighted by Crippen LogP contribution is 2.25. The molecule has 0 aliphatic carbocycles. The molecule has 7 nitrogen and oxygen atoms in total. The number of rotatable bonds is 4. The molecule has 2 rings (SSSR count). The first-order valence-electron chi connectivity index (χ1n) is 6.19. The highest BCUT2D eigenvalue weighted by molar-refractivity contribution is 5.50. The van der Waals surface area contributed by atoms with E-state index < -0.39 is 5.60 Å². The van der Waals surface area contributed by atoms with Crippen molar-refractivity contribution in [3.63, 3.8) is 0 Å². The molecule has 1 aromatic heterocycles. The van der Waals surface area contributed by atoms with Crippen molar-refractivity contribution in [2.45, 2.75) is 18.4 Å². The van der Waals surface area contributed by atoms with Gasteiger partial charge < -0.3 is 24.5 Å². The Labute approximate surface area is 111 Å². The van der Waals surface area contributed by atoms with Gasteiger partial charge in [0.2, 0.25) is 5.75 Å². The maximum atomic E-state index is 11.6. The fraction of sp³-hybridized carbons (Fsp3) is 0.667. The van der Waals surface area contributed by atoms with Crippen LogP contribution in [0.5, 0.6) is 5.75 Å². The second-order valence-corrected chi connectivity index (χ2v) is 4.78. The molecule has 0 amide bonds. The van der Waals surface area contributed by atoms with Crippen LogP contribution in [0.15, 0.2) is 11.1 Å². The summed E-state index contributed by atoms with van der Waals surface area (Å²) in [6, 6.07) is 0. The molecule has 0 saturated carbocycles. The maximum absolute atomic E-state index is 11.6. The molecule has 0 spiro atoms. The standard InChI is InChI=1S/C12H19N3O4/c1-15(7-12(17)3-5-19-6-4-12)10-9(18-2)11(16)14-8-13-10/h8,17H,3-7H2,1-2H3,(H,13,14,16). The van der Waals surface area contributed by atoms with E-state index in [0.29, 0.717) is 38.4 Å². The molecule has 1 aromatic rings. The predicted octanol–water partition coefficient (Wildman–Crippen LogP) is -0.244. The second-order valence-electron chi connectivity index (χ2n) is 4.78. The van der Waals surface area contributed by atoms with Gasteiger partial charge in [-0.05, 0) is 0 Å². The molecule has 0 bridgehead atoms. The van der Waals surface area contributed by atoms with Crippen molar-refractivity contribution < 1.29 is 14.6 Å². The number of hydrogen-bond acceptors (Lipinski definition) is 6. The summed E-state index contributed by atoms with van der Waals surface area (Å²) >= 11 is 0. The van der Waals surface area contributed by atoms with Gasteiger partial charge in [0, 0.05) is 39.6 Å². The van der Waals surface area contributed by atoms with Crippen molar-refractivity contribution in [1.82, 2.24) is 9.97 Å². The van der Waals surface area contributed by atoms with Crippen molar-refractivity contribution >= 4 is 5.82 Å². The monoisotopic (exact) mass is 269 g/mol. The predicted molar refractivity (Wildman–Crippen MR) is 69.7 cm³/mol. The number of likely N-dealkylation sites (N-methyl/N-ethyl adjacent to an activating group) is 1. The summed E-state index contributed by atoms with van der Waals surface area (Å²) in [4.78, 5) is 19.9. The van der Waals surface area contributed by atoms with Crippen molar-refractivity contribution in [3.8, 4) is 5.75 Å². The van der Waals surface area contributed by atoms with Crippen LogP contribution >= 0.6 is 0 Å². The van der Waals surface area contributed by atoms with E-state index in [4.69, 9.17) is 9.47 Å². The van der Waals surface area contributed by atoms with Crippen LogP contribution in [0.2, 0.25) is 0 Å². The Kier molecular flexibility index (Phi) is 4.06. The number of anilines is 1. The molecular weight excluding hydrogens is 250 g/mol. The average Bonchev–Trinajstić information content (AvgIpc) is 2.38. The molecule has 1 saturated heterocycles. The van der Waals surface area contributed by atoms with Gasteiger partial charge in [0.15, 0.2) is 5.82 Å². The Hall–Kier alpha value is -1.60. The highest BCUT2D eigenvalue weighted by Gasteiger charge is 2.32. The van der Waals surface area contributed by atoms with Crippen LogP contribution < -0.4 is 15.2 Å². The van der Waals surface area contributed by atoms with E-state index in [0.717, 1.165) is 0 Å². The number of hydrogen-bond donors (Lipinski definition) is 2. The fourth-order valence-corrected chi connectivity index (χ4v) is 2.26. The second kappa shape index (κ2) is 5.58. The first-order chi connectivity index (χ1) is 9.06. The van der Waals surface area contributed by atoms with Crippen LogP contribution in [0.25, 0.3) is 0 Å². The Balaban J connectivity index is 2.17. The van der Waals surface area contributed by atoms with Crippen molar-refractivity contribution in [3.05, 3.63) is 16.7 Å². The zero-order valence-electron chi connectivity index (χ0n) is 11.2. The number of aromatic nitrogens is 2. The van der Waals surface area contributed by atoms with Crippen LogP contribution in [-0.2, 0) is 4.74 Å². The summed E-state index contributed by atoms with van der Waals surface area (Å²) in [7, 11) is 3.20. The molecule has 2 heterocycles. The van der Waals surface area contributed by atoms with Crippen LogP contribution in [0.4, 0.5) is 5.82 Å². The number of aliphatic hydroxyl groups is 1. The third-order valence-corrected chi connectivity index (χ3v) is 3.31. The summed E-state index contributed by atoms with van der Waals surface area (Å²) in [6.07, 6.45) is 2.47. The minimum absolute atomic E-state index is 0.153. The van der Waals surface area contributed by atoms with Gasteiger partial charge in [0.05, 0.1) is 19.0 Å². The zero-order valence-corrected chi connectivity index (χ0v) is 11.2. The summed E-state index contributed by atoms with van der Waals surface area (Å²) < 4.78 is 10.3. The van der Waals surface area contributed by atoms with Gasteiger partial charge in [0.25, 0.3) is 5.56 Å². The lowest BCUT2D eigenvalue weighted by molar-refractivity contribution is -0.0573. The third kappa shape index (κ3) is 3.05. The Bertz CT molecular complexity index is 482. The molecule has 0 aromatic carbocycles. The highest BCUT2D eigenvalue weighted by atomic mass is 16.5. The first-order valence-corrected chi connectivity index (χ1v) is 6.19. The topological polar surface area (TPSA) is 87.7 Å². The minimum Gasteiger partial charge on any atom is -0.489 e. The Morgan fingerprint density at radius 1 is 1.58 bits per heavy atom. The molecule has 0 unspecified atom stereocenters. The number of methoxy groups -OCH3 is 1. The van der Waals surface area contributed by atoms with E-state index in [1.807, 2.05) is 0 Å². The lowest BCUT2D eigenvalue weighted by Crippen LogP contribution is -2.46. The Morgan fingerprint density at radius 2 is 2.26 bits per heavy atom. The normalized spacial score (nSPS) is 18.1. The van der Waals surface area contributed by atoms with Crippen molar-refractivity contribution in [2.24, 2.45) is 0 Å².